The largest absolute Gasteiger partial charge is 0.493 e. The quantitative estimate of drug-likeness (QED) is 0.609. The lowest BCUT2D eigenvalue weighted by Crippen LogP contribution is -2.40. The Labute approximate surface area is 179 Å². The molecule has 2 aliphatic heterocycles. The van der Waals surface area contributed by atoms with E-state index in [1.54, 1.807) is 23.0 Å². The van der Waals surface area contributed by atoms with Crippen LogP contribution in [0, 0.1) is 5.82 Å². The zero-order chi connectivity index (χ0) is 21.2. The third-order valence-corrected chi connectivity index (χ3v) is 5.94. The number of fused-ring (bicyclic) bond motifs is 2. The van der Waals surface area contributed by atoms with E-state index < -0.39 is 0 Å². The molecule has 5 rings (SSSR count). The van der Waals surface area contributed by atoms with Crippen LogP contribution in [0.3, 0.4) is 0 Å². The predicted octanol–water partition coefficient (Wildman–Crippen LogP) is 1.58. The highest BCUT2D eigenvalue weighted by Gasteiger charge is 2.20. The number of nitrogens with one attached hydrogen (secondary N) is 1. The molecule has 0 aliphatic carbocycles. The number of ether oxygens (including phenoxy) is 2. The van der Waals surface area contributed by atoms with Crippen LogP contribution < -0.4 is 15.0 Å². The van der Waals surface area contributed by atoms with Crippen LogP contribution in [0.2, 0.25) is 0 Å². The number of hydrogen-bond donors (Lipinski definition) is 1. The molecule has 0 unspecified atom stereocenters. The fourth-order valence-corrected chi connectivity index (χ4v) is 4.12. The van der Waals surface area contributed by atoms with Gasteiger partial charge in [-0.1, -0.05) is 0 Å². The van der Waals surface area contributed by atoms with Gasteiger partial charge in [-0.2, -0.15) is 0 Å². The van der Waals surface area contributed by atoms with Crippen molar-refractivity contribution in [1.82, 2.24) is 24.5 Å². The normalized spacial score (nSPS) is 16.3. The SMILES string of the molecule is CN(CCN1CCOCC1)c1cnc(NCc2c(F)ccc3c2CCO3)n2cnnc12. The number of anilines is 2. The highest BCUT2D eigenvalue weighted by atomic mass is 19.1. The molecule has 10 heteroatoms. The lowest BCUT2D eigenvalue weighted by Gasteiger charge is -2.29. The molecule has 0 amide bonds. The minimum Gasteiger partial charge on any atom is -0.493 e. The molecule has 0 atom stereocenters. The summed E-state index contributed by atoms with van der Waals surface area (Å²) in [6, 6.07) is 3.15. The number of likely N-dealkylation sites (N-methyl/N-ethyl adjacent to an activating group) is 1. The lowest BCUT2D eigenvalue weighted by molar-refractivity contribution is 0.0393. The second-order valence-electron chi connectivity index (χ2n) is 7.82. The van der Waals surface area contributed by atoms with E-state index in [1.165, 1.54) is 6.07 Å². The fourth-order valence-electron chi connectivity index (χ4n) is 4.12. The van der Waals surface area contributed by atoms with E-state index >= 15 is 0 Å². The summed E-state index contributed by atoms with van der Waals surface area (Å²) >= 11 is 0. The molecule has 1 N–H and O–H groups in total. The molecule has 164 valence electrons. The molecule has 2 aliphatic rings. The molecule has 0 spiro atoms. The third-order valence-electron chi connectivity index (χ3n) is 5.94. The highest BCUT2D eigenvalue weighted by Crippen LogP contribution is 2.30. The summed E-state index contributed by atoms with van der Waals surface area (Å²) < 4.78 is 27.2. The maximum Gasteiger partial charge on any atom is 0.210 e. The Hall–Kier alpha value is -2.98. The smallest absolute Gasteiger partial charge is 0.210 e. The van der Waals surface area contributed by atoms with Gasteiger partial charge in [0, 0.05) is 57.3 Å². The Morgan fingerprint density at radius 1 is 1.23 bits per heavy atom. The van der Waals surface area contributed by atoms with Crippen molar-refractivity contribution in [2.75, 3.05) is 63.3 Å². The Bertz CT molecular complexity index is 1070. The van der Waals surface area contributed by atoms with Crippen LogP contribution in [-0.4, -0.2) is 77.5 Å². The molecule has 1 fully saturated rings. The second kappa shape index (κ2) is 8.64. The summed E-state index contributed by atoms with van der Waals surface area (Å²) in [6.45, 7) is 6.18. The van der Waals surface area contributed by atoms with Gasteiger partial charge in [0.2, 0.25) is 5.95 Å². The molecule has 9 nitrogen and oxygen atoms in total. The van der Waals surface area contributed by atoms with Crippen molar-refractivity contribution in [2.45, 2.75) is 13.0 Å². The molecule has 0 saturated carbocycles. The second-order valence-corrected chi connectivity index (χ2v) is 7.82. The van der Waals surface area contributed by atoms with Gasteiger partial charge >= 0.3 is 0 Å². The first-order chi connectivity index (χ1) is 15.2. The van der Waals surface area contributed by atoms with Crippen LogP contribution in [0.25, 0.3) is 5.65 Å². The van der Waals surface area contributed by atoms with Gasteiger partial charge in [-0.15, -0.1) is 10.2 Å². The van der Waals surface area contributed by atoms with Gasteiger partial charge in [0.25, 0.3) is 0 Å². The summed E-state index contributed by atoms with van der Waals surface area (Å²) in [4.78, 5) is 9.10. The fraction of sp³-hybridized carbons (Fsp3) is 0.476. The monoisotopic (exact) mass is 427 g/mol. The summed E-state index contributed by atoms with van der Waals surface area (Å²) in [5.74, 6) is 1.09. The zero-order valence-electron chi connectivity index (χ0n) is 17.6. The van der Waals surface area contributed by atoms with E-state index in [1.807, 2.05) is 7.05 Å². The topological polar surface area (TPSA) is 80.0 Å². The van der Waals surface area contributed by atoms with E-state index in [0.29, 0.717) is 36.7 Å². The summed E-state index contributed by atoms with van der Waals surface area (Å²) in [7, 11) is 2.03. The first-order valence-electron chi connectivity index (χ1n) is 10.6. The van der Waals surface area contributed by atoms with Crippen molar-refractivity contribution in [3.05, 3.63) is 41.6 Å². The lowest BCUT2D eigenvalue weighted by atomic mass is 10.0. The summed E-state index contributed by atoms with van der Waals surface area (Å²) in [5, 5.41) is 11.6. The first-order valence-corrected chi connectivity index (χ1v) is 10.6. The Morgan fingerprint density at radius 3 is 2.97 bits per heavy atom. The van der Waals surface area contributed by atoms with Crippen LogP contribution in [0.5, 0.6) is 5.75 Å². The van der Waals surface area contributed by atoms with E-state index in [-0.39, 0.29) is 5.82 Å². The molecule has 0 radical (unpaired) electrons. The van der Waals surface area contributed by atoms with Crippen LogP contribution in [0.15, 0.2) is 24.7 Å². The number of nitrogens with zero attached hydrogens (tertiary/aromatic N) is 6. The average molecular weight is 427 g/mol. The highest BCUT2D eigenvalue weighted by molar-refractivity contribution is 5.69. The maximum atomic E-state index is 14.4. The summed E-state index contributed by atoms with van der Waals surface area (Å²) in [6.07, 6.45) is 4.13. The molecule has 1 aromatic carbocycles. The zero-order valence-corrected chi connectivity index (χ0v) is 17.6. The minimum atomic E-state index is -0.240. The minimum absolute atomic E-state index is 0.240. The van der Waals surface area contributed by atoms with Crippen molar-refractivity contribution in [1.29, 1.82) is 0 Å². The Balaban J connectivity index is 1.31. The van der Waals surface area contributed by atoms with Gasteiger partial charge in [0.05, 0.1) is 26.0 Å². The number of hydrogen-bond acceptors (Lipinski definition) is 8. The van der Waals surface area contributed by atoms with Gasteiger partial charge in [-0.3, -0.25) is 4.90 Å². The number of rotatable bonds is 7. The van der Waals surface area contributed by atoms with Gasteiger partial charge in [-0.05, 0) is 12.1 Å². The molecule has 31 heavy (non-hydrogen) atoms. The van der Waals surface area contributed by atoms with Crippen LogP contribution in [0.4, 0.5) is 16.0 Å². The standard InChI is InChI=1S/C21H26FN7O2/c1-27(5-6-28-7-10-30-11-8-28)18-13-24-21(29-14-25-26-20(18)29)23-12-16-15-4-9-31-19(15)3-2-17(16)22/h2-3,13-14H,4-12H2,1H3,(H,23,24). The first kappa shape index (κ1) is 20.0. The maximum absolute atomic E-state index is 14.4. The average Bonchev–Trinajstić information content (AvgIpc) is 3.47. The predicted molar refractivity (Wildman–Crippen MR) is 114 cm³/mol. The van der Waals surface area contributed by atoms with Crippen LogP contribution in [-0.2, 0) is 17.7 Å². The van der Waals surface area contributed by atoms with Gasteiger partial charge in [0.1, 0.15) is 23.6 Å². The third kappa shape index (κ3) is 4.00. The van der Waals surface area contributed by atoms with E-state index in [0.717, 1.165) is 56.4 Å². The number of benzene rings is 1. The molecule has 0 bridgehead atoms. The number of aromatic nitrogens is 4. The van der Waals surface area contributed by atoms with E-state index in [2.05, 4.69) is 30.3 Å². The van der Waals surface area contributed by atoms with Crippen molar-refractivity contribution in [2.24, 2.45) is 0 Å². The van der Waals surface area contributed by atoms with Crippen molar-refractivity contribution in [3.63, 3.8) is 0 Å². The van der Waals surface area contributed by atoms with E-state index in [4.69, 9.17) is 9.47 Å². The van der Waals surface area contributed by atoms with E-state index in [9.17, 15) is 4.39 Å². The van der Waals surface area contributed by atoms with Gasteiger partial charge in [0.15, 0.2) is 5.65 Å². The molecule has 2 aromatic heterocycles. The van der Waals surface area contributed by atoms with Crippen LogP contribution in [0.1, 0.15) is 11.1 Å². The van der Waals surface area contributed by atoms with Crippen molar-refractivity contribution < 1.29 is 13.9 Å². The Morgan fingerprint density at radius 2 is 2.10 bits per heavy atom. The molecular formula is C21H26FN7O2. The van der Waals surface area contributed by atoms with Crippen LogP contribution >= 0.6 is 0 Å². The van der Waals surface area contributed by atoms with Gasteiger partial charge in [-0.25, -0.2) is 13.8 Å². The van der Waals surface area contributed by atoms with Gasteiger partial charge < -0.3 is 19.7 Å². The molecular weight excluding hydrogens is 401 g/mol. The molecule has 3 aromatic rings. The number of halogens is 1. The molecule has 4 heterocycles. The number of morpholine rings is 1. The van der Waals surface area contributed by atoms with Crippen molar-refractivity contribution in [3.8, 4) is 5.75 Å². The Kier molecular flexibility index (Phi) is 5.56. The summed E-state index contributed by atoms with van der Waals surface area (Å²) in [5.41, 5.74) is 3.15. The molecule has 1 saturated heterocycles. The van der Waals surface area contributed by atoms with Crippen molar-refractivity contribution >= 4 is 17.3 Å².